The van der Waals surface area contributed by atoms with Crippen LogP contribution in [0.5, 0.6) is 0 Å². The van der Waals surface area contributed by atoms with E-state index in [1.165, 1.54) is 18.4 Å². The molecule has 1 aromatic rings. The van der Waals surface area contributed by atoms with Crippen LogP contribution in [0.4, 0.5) is 0 Å². The number of benzene rings is 1. The third-order valence-electron chi connectivity index (χ3n) is 3.16. The monoisotopic (exact) mass is 264 g/mol. The standard InChI is InChI=1S/C16H24O3/c1-3-5-6-13-7-9-14(10-8-13)16(18)19-12-11-15(17)4-2/h7-10,15,17H,3-6,11-12H2,1-2H3/t15-/m1/s1. The summed E-state index contributed by atoms with van der Waals surface area (Å²) >= 11 is 0. The molecule has 1 atom stereocenters. The first-order chi connectivity index (χ1) is 9.17. The second-order valence-electron chi connectivity index (χ2n) is 4.79. The van der Waals surface area contributed by atoms with E-state index in [0.717, 1.165) is 6.42 Å². The number of rotatable bonds is 8. The minimum atomic E-state index is -0.385. The molecule has 0 bridgehead atoms. The smallest absolute Gasteiger partial charge is 0.338 e. The Morgan fingerprint density at radius 3 is 2.53 bits per heavy atom. The number of aryl methyl sites for hydroxylation is 1. The van der Waals surface area contributed by atoms with Crippen molar-refractivity contribution in [1.29, 1.82) is 0 Å². The number of carbonyl (C=O) groups excluding carboxylic acids is 1. The molecule has 0 aromatic heterocycles. The van der Waals surface area contributed by atoms with Crippen molar-refractivity contribution in [2.75, 3.05) is 6.61 Å². The van der Waals surface area contributed by atoms with Gasteiger partial charge in [-0.15, -0.1) is 0 Å². The average molecular weight is 264 g/mol. The van der Waals surface area contributed by atoms with Crippen LogP contribution in [0.1, 0.15) is 55.5 Å². The molecule has 3 heteroatoms. The van der Waals surface area contributed by atoms with Gasteiger partial charge in [-0.3, -0.25) is 0 Å². The van der Waals surface area contributed by atoms with Crippen LogP contribution in [-0.4, -0.2) is 23.8 Å². The molecule has 0 aliphatic carbocycles. The Morgan fingerprint density at radius 1 is 1.26 bits per heavy atom. The fraction of sp³-hybridized carbons (Fsp3) is 0.562. The molecule has 0 heterocycles. The third-order valence-corrected chi connectivity index (χ3v) is 3.16. The fourth-order valence-corrected chi connectivity index (χ4v) is 1.76. The number of carbonyl (C=O) groups is 1. The maximum atomic E-state index is 11.7. The first-order valence-electron chi connectivity index (χ1n) is 7.11. The van der Waals surface area contributed by atoms with E-state index >= 15 is 0 Å². The highest BCUT2D eigenvalue weighted by molar-refractivity contribution is 5.89. The average Bonchev–Trinajstić information content (AvgIpc) is 2.45. The van der Waals surface area contributed by atoms with E-state index < -0.39 is 0 Å². The van der Waals surface area contributed by atoms with Crippen molar-refractivity contribution in [3.63, 3.8) is 0 Å². The Labute approximate surface area is 115 Å². The van der Waals surface area contributed by atoms with Crippen LogP contribution in [-0.2, 0) is 11.2 Å². The number of hydrogen-bond acceptors (Lipinski definition) is 3. The van der Waals surface area contributed by atoms with E-state index in [9.17, 15) is 9.90 Å². The Kier molecular flexibility index (Phi) is 7.19. The number of ether oxygens (including phenoxy) is 1. The van der Waals surface area contributed by atoms with Crippen molar-refractivity contribution in [2.24, 2.45) is 0 Å². The van der Waals surface area contributed by atoms with Crippen LogP contribution in [0.15, 0.2) is 24.3 Å². The van der Waals surface area contributed by atoms with Crippen molar-refractivity contribution in [2.45, 2.75) is 52.1 Å². The van der Waals surface area contributed by atoms with Gasteiger partial charge in [0.15, 0.2) is 0 Å². The van der Waals surface area contributed by atoms with Crippen LogP contribution in [0.25, 0.3) is 0 Å². The highest BCUT2D eigenvalue weighted by atomic mass is 16.5. The maximum Gasteiger partial charge on any atom is 0.338 e. The molecule has 1 N–H and O–H groups in total. The van der Waals surface area contributed by atoms with E-state index in [2.05, 4.69) is 6.92 Å². The van der Waals surface area contributed by atoms with Gasteiger partial charge in [0, 0.05) is 6.42 Å². The second-order valence-corrected chi connectivity index (χ2v) is 4.79. The normalized spacial score (nSPS) is 12.2. The zero-order valence-electron chi connectivity index (χ0n) is 11.9. The van der Waals surface area contributed by atoms with Crippen molar-refractivity contribution in [1.82, 2.24) is 0 Å². The molecule has 0 aliphatic rings. The lowest BCUT2D eigenvalue weighted by Gasteiger charge is -2.08. The van der Waals surface area contributed by atoms with E-state index in [4.69, 9.17) is 4.74 Å². The number of aliphatic hydroxyl groups is 1. The summed E-state index contributed by atoms with van der Waals surface area (Å²) in [6.45, 7) is 4.34. The summed E-state index contributed by atoms with van der Waals surface area (Å²) in [4.78, 5) is 11.7. The predicted molar refractivity (Wildman–Crippen MR) is 76.3 cm³/mol. The van der Waals surface area contributed by atoms with Gasteiger partial charge in [-0.1, -0.05) is 32.4 Å². The van der Waals surface area contributed by atoms with E-state index in [1.807, 2.05) is 31.2 Å². The first kappa shape index (κ1) is 15.7. The fourth-order valence-electron chi connectivity index (χ4n) is 1.76. The molecule has 0 unspecified atom stereocenters. The molecular weight excluding hydrogens is 240 g/mol. The molecule has 0 spiro atoms. The summed E-state index contributed by atoms with van der Waals surface area (Å²) in [5.41, 5.74) is 1.83. The molecule has 106 valence electrons. The largest absolute Gasteiger partial charge is 0.462 e. The molecule has 0 radical (unpaired) electrons. The van der Waals surface area contributed by atoms with Gasteiger partial charge in [0.05, 0.1) is 18.3 Å². The lowest BCUT2D eigenvalue weighted by molar-refractivity contribution is 0.0428. The summed E-state index contributed by atoms with van der Waals surface area (Å²) in [6.07, 6.45) is 4.18. The van der Waals surface area contributed by atoms with Gasteiger partial charge in [0.25, 0.3) is 0 Å². The minimum Gasteiger partial charge on any atom is -0.462 e. The van der Waals surface area contributed by atoms with Gasteiger partial charge in [0.1, 0.15) is 0 Å². The summed E-state index contributed by atoms with van der Waals surface area (Å²) in [6, 6.07) is 7.58. The molecule has 19 heavy (non-hydrogen) atoms. The van der Waals surface area contributed by atoms with Crippen LogP contribution in [0.3, 0.4) is 0 Å². The molecule has 1 rings (SSSR count). The molecule has 1 aromatic carbocycles. The van der Waals surface area contributed by atoms with Gasteiger partial charge in [0.2, 0.25) is 0 Å². The third kappa shape index (κ3) is 5.88. The van der Waals surface area contributed by atoms with Gasteiger partial charge >= 0.3 is 5.97 Å². The molecule has 0 aliphatic heterocycles. The van der Waals surface area contributed by atoms with Crippen molar-refractivity contribution in [3.05, 3.63) is 35.4 Å². The molecular formula is C16H24O3. The van der Waals surface area contributed by atoms with Crippen LogP contribution in [0.2, 0.25) is 0 Å². The number of unbranched alkanes of at least 4 members (excludes halogenated alkanes) is 1. The zero-order valence-corrected chi connectivity index (χ0v) is 11.9. The van der Waals surface area contributed by atoms with E-state index in [1.54, 1.807) is 0 Å². The molecule has 0 saturated carbocycles. The van der Waals surface area contributed by atoms with Gasteiger partial charge < -0.3 is 9.84 Å². The highest BCUT2D eigenvalue weighted by Gasteiger charge is 2.08. The number of esters is 1. The van der Waals surface area contributed by atoms with Crippen LogP contribution in [0, 0.1) is 0 Å². The summed E-state index contributed by atoms with van der Waals surface area (Å²) in [5, 5.41) is 9.37. The van der Waals surface area contributed by atoms with Gasteiger partial charge in [-0.05, 0) is 37.0 Å². The summed E-state index contributed by atoms with van der Waals surface area (Å²) < 4.78 is 5.12. The van der Waals surface area contributed by atoms with Gasteiger partial charge in [-0.2, -0.15) is 0 Å². The lowest BCUT2D eigenvalue weighted by atomic mass is 10.1. The summed E-state index contributed by atoms with van der Waals surface area (Å²) in [7, 11) is 0. The minimum absolute atomic E-state index is 0.269. The lowest BCUT2D eigenvalue weighted by Crippen LogP contribution is -2.12. The Balaban J connectivity index is 2.40. The quantitative estimate of drug-likeness (QED) is 0.732. The van der Waals surface area contributed by atoms with E-state index in [-0.39, 0.29) is 18.7 Å². The first-order valence-corrected chi connectivity index (χ1v) is 7.11. The summed E-state index contributed by atoms with van der Waals surface area (Å²) in [5.74, 6) is -0.314. The molecule has 0 saturated heterocycles. The number of hydrogen-bond donors (Lipinski definition) is 1. The zero-order chi connectivity index (χ0) is 14.1. The van der Waals surface area contributed by atoms with E-state index in [0.29, 0.717) is 18.4 Å². The SMILES string of the molecule is CCCCc1ccc(C(=O)OCC[C@H](O)CC)cc1. The Bertz CT molecular complexity index is 370. The highest BCUT2D eigenvalue weighted by Crippen LogP contribution is 2.09. The Hall–Kier alpha value is -1.35. The second kappa shape index (κ2) is 8.70. The van der Waals surface area contributed by atoms with Crippen molar-refractivity contribution in [3.8, 4) is 0 Å². The Morgan fingerprint density at radius 2 is 1.95 bits per heavy atom. The predicted octanol–water partition coefficient (Wildman–Crippen LogP) is 3.35. The topological polar surface area (TPSA) is 46.5 Å². The van der Waals surface area contributed by atoms with Crippen molar-refractivity contribution < 1.29 is 14.6 Å². The molecule has 3 nitrogen and oxygen atoms in total. The number of aliphatic hydroxyl groups excluding tert-OH is 1. The molecule has 0 amide bonds. The molecule has 0 fully saturated rings. The van der Waals surface area contributed by atoms with Crippen molar-refractivity contribution >= 4 is 5.97 Å². The van der Waals surface area contributed by atoms with Crippen LogP contribution >= 0.6 is 0 Å². The van der Waals surface area contributed by atoms with Gasteiger partial charge in [-0.25, -0.2) is 4.79 Å². The maximum absolute atomic E-state index is 11.7. The van der Waals surface area contributed by atoms with Crippen LogP contribution < -0.4 is 0 Å².